The summed E-state index contributed by atoms with van der Waals surface area (Å²) in [6, 6.07) is 4.98. The first kappa shape index (κ1) is 17.8. The molecule has 0 aliphatic carbocycles. The maximum absolute atomic E-state index is 13.0. The number of hydrogen-bond acceptors (Lipinski definition) is 6. The van der Waals surface area contributed by atoms with Crippen LogP contribution in [0.15, 0.2) is 29.6 Å². The van der Waals surface area contributed by atoms with E-state index in [1.807, 2.05) is 0 Å². The number of carboxylic acid groups (broad SMARTS) is 1. The number of anilines is 1. The molecule has 0 saturated carbocycles. The Hall–Kier alpha value is -3.01. The largest absolute Gasteiger partial charge is 0.478 e. The second kappa shape index (κ2) is 6.06. The van der Waals surface area contributed by atoms with Crippen LogP contribution in [0.4, 0.5) is 5.69 Å². The molecule has 26 heavy (non-hydrogen) atoms. The molecule has 0 amide bonds. The molecule has 1 aromatic carbocycles. The summed E-state index contributed by atoms with van der Waals surface area (Å²) in [7, 11) is -2.89. The van der Waals surface area contributed by atoms with Gasteiger partial charge in [0.2, 0.25) is 0 Å². The molecule has 0 fully saturated rings. The van der Waals surface area contributed by atoms with Crippen molar-refractivity contribution in [2.75, 3.05) is 11.4 Å². The monoisotopic (exact) mass is 375 g/mol. The molecule has 9 nitrogen and oxygen atoms in total. The Bertz CT molecular complexity index is 1140. The van der Waals surface area contributed by atoms with E-state index >= 15 is 0 Å². The Morgan fingerprint density at radius 3 is 2.42 bits per heavy atom. The highest BCUT2D eigenvalue weighted by molar-refractivity contribution is 7.92. The van der Waals surface area contributed by atoms with Crippen LogP contribution in [-0.4, -0.2) is 46.1 Å². The van der Waals surface area contributed by atoms with Crippen LogP contribution in [0.5, 0.6) is 0 Å². The SMILES string of the molecule is Cc1ccn2nc(S(=O)(=O)N(C)c3c(C)ccc(C)c3C(=O)O)nc2n1. The molecule has 1 N–H and O–H groups in total. The predicted octanol–water partition coefficient (Wildman–Crippen LogP) is 1.57. The van der Waals surface area contributed by atoms with Crippen molar-refractivity contribution in [3.05, 3.63) is 46.8 Å². The summed E-state index contributed by atoms with van der Waals surface area (Å²) in [6.45, 7) is 5.02. The first-order valence-corrected chi connectivity index (χ1v) is 9.09. The van der Waals surface area contributed by atoms with Crippen LogP contribution in [-0.2, 0) is 10.0 Å². The van der Waals surface area contributed by atoms with E-state index in [0.717, 1.165) is 4.31 Å². The van der Waals surface area contributed by atoms with E-state index < -0.39 is 21.1 Å². The smallest absolute Gasteiger partial charge is 0.338 e. The third-order valence-corrected chi connectivity index (χ3v) is 5.57. The summed E-state index contributed by atoms with van der Waals surface area (Å²) in [4.78, 5) is 19.8. The van der Waals surface area contributed by atoms with Gasteiger partial charge < -0.3 is 5.11 Å². The molecular formula is C16H17N5O4S. The molecule has 2 heterocycles. The van der Waals surface area contributed by atoms with Crippen LogP contribution in [0.3, 0.4) is 0 Å². The van der Waals surface area contributed by atoms with E-state index in [0.29, 0.717) is 16.8 Å². The fourth-order valence-electron chi connectivity index (χ4n) is 2.67. The van der Waals surface area contributed by atoms with Crippen molar-refractivity contribution >= 4 is 27.5 Å². The first-order chi connectivity index (χ1) is 12.1. The molecule has 0 unspecified atom stereocenters. The molecule has 2 aromatic heterocycles. The molecule has 0 atom stereocenters. The lowest BCUT2D eigenvalue weighted by Gasteiger charge is -2.22. The van der Waals surface area contributed by atoms with E-state index in [1.54, 1.807) is 45.2 Å². The van der Waals surface area contributed by atoms with Crippen LogP contribution in [0, 0.1) is 20.8 Å². The molecule has 0 saturated heterocycles. The number of carboxylic acids is 1. The minimum atomic E-state index is -4.18. The predicted molar refractivity (Wildman–Crippen MR) is 94.0 cm³/mol. The number of carbonyl (C=O) groups is 1. The van der Waals surface area contributed by atoms with E-state index in [-0.39, 0.29) is 17.0 Å². The van der Waals surface area contributed by atoms with Crippen molar-refractivity contribution in [3.8, 4) is 0 Å². The van der Waals surface area contributed by atoms with Gasteiger partial charge in [0.15, 0.2) is 0 Å². The van der Waals surface area contributed by atoms with Gasteiger partial charge in [-0.2, -0.15) is 13.4 Å². The zero-order valence-corrected chi connectivity index (χ0v) is 15.4. The highest BCUT2D eigenvalue weighted by Crippen LogP contribution is 2.30. The summed E-state index contributed by atoms with van der Waals surface area (Å²) in [5.74, 6) is -1.06. The summed E-state index contributed by atoms with van der Waals surface area (Å²) < 4.78 is 28.1. The highest BCUT2D eigenvalue weighted by Gasteiger charge is 2.31. The number of benzene rings is 1. The van der Waals surface area contributed by atoms with Gasteiger partial charge in [-0.15, -0.1) is 5.10 Å². The quantitative estimate of drug-likeness (QED) is 0.735. The molecule has 0 bridgehead atoms. The first-order valence-electron chi connectivity index (χ1n) is 7.65. The third kappa shape index (κ3) is 2.77. The standard InChI is InChI=1S/C16H17N5O4S/c1-9-5-6-10(2)13(12(9)14(22)23)20(4)26(24,25)16-18-15-17-11(3)7-8-21(15)19-16/h5-8H,1-4H3,(H,22,23). The zero-order valence-electron chi connectivity index (χ0n) is 14.6. The van der Waals surface area contributed by atoms with Crippen LogP contribution in [0.2, 0.25) is 0 Å². The van der Waals surface area contributed by atoms with Crippen LogP contribution in [0.1, 0.15) is 27.2 Å². The van der Waals surface area contributed by atoms with Crippen LogP contribution in [0.25, 0.3) is 5.78 Å². The van der Waals surface area contributed by atoms with E-state index in [4.69, 9.17) is 0 Å². The minimum absolute atomic E-state index is 0.0752. The fourth-order valence-corrected chi connectivity index (χ4v) is 3.78. The van der Waals surface area contributed by atoms with Crippen molar-refractivity contribution in [1.82, 2.24) is 19.6 Å². The lowest BCUT2D eigenvalue weighted by atomic mass is 10.0. The second-order valence-corrected chi connectivity index (χ2v) is 7.77. The zero-order chi connectivity index (χ0) is 19.2. The molecular weight excluding hydrogens is 358 g/mol. The van der Waals surface area contributed by atoms with Gasteiger partial charge >= 0.3 is 16.0 Å². The van der Waals surface area contributed by atoms with E-state index in [9.17, 15) is 18.3 Å². The summed E-state index contributed by atoms with van der Waals surface area (Å²) >= 11 is 0. The maximum Gasteiger partial charge on any atom is 0.338 e. The topological polar surface area (TPSA) is 118 Å². The average Bonchev–Trinajstić information content (AvgIpc) is 2.99. The van der Waals surface area contributed by atoms with Gasteiger partial charge in [-0.05, 0) is 38.0 Å². The van der Waals surface area contributed by atoms with Crippen LogP contribution < -0.4 is 4.31 Å². The van der Waals surface area contributed by atoms with E-state index in [2.05, 4.69) is 15.1 Å². The number of aromatic nitrogens is 4. The lowest BCUT2D eigenvalue weighted by Crippen LogP contribution is -2.30. The van der Waals surface area contributed by atoms with Crippen molar-refractivity contribution in [2.45, 2.75) is 25.9 Å². The number of rotatable bonds is 4. The summed E-state index contributed by atoms with van der Waals surface area (Å²) in [5, 5.41) is 13.1. The normalized spacial score (nSPS) is 11.7. The van der Waals surface area contributed by atoms with Gasteiger partial charge in [-0.1, -0.05) is 12.1 Å². The van der Waals surface area contributed by atoms with Crippen LogP contribution >= 0.6 is 0 Å². The van der Waals surface area contributed by atoms with Crippen molar-refractivity contribution in [2.24, 2.45) is 0 Å². The molecule has 3 aromatic rings. The lowest BCUT2D eigenvalue weighted by molar-refractivity contribution is 0.0697. The van der Waals surface area contributed by atoms with Crippen molar-refractivity contribution in [1.29, 1.82) is 0 Å². The van der Waals surface area contributed by atoms with Gasteiger partial charge in [0.25, 0.3) is 10.9 Å². The Kier molecular flexibility index (Phi) is 4.15. The van der Waals surface area contributed by atoms with E-state index in [1.165, 1.54) is 11.6 Å². The fraction of sp³-hybridized carbons (Fsp3) is 0.250. The maximum atomic E-state index is 13.0. The highest BCUT2D eigenvalue weighted by atomic mass is 32.2. The Balaban J connectivity index is 2.18. The Labute approximate surface area is 150 Å². The van der Waals surface area contributed by atoms with Gasteiger partial charge in [-0.3, -0.25) is 4.31 Å². The second-order valence-electron chi connectivity index (χ2n) is 5.91. The number of aromatic carboxylic acids is 1. The molecule has 3 rings (SSSR count). The van der Waals surface area contributed by atoms with Gasteiger partial charge in [0.1, 0.15) is 0 Å². The molecule has 0 aliphatic rings. The Morgan fingerprint density at radius 2 is 1.77 bits per heavy atom. The van der Waals surface area contributed by atoms with Gasteiger partial charge in [0, 0.05) is 18.9 Å². The number of aryl methyl sites for hydroxylation is 3. The van der Waals surface area contributed by atoms with Crippen molar-refractivity contribution in [3.63, 3.8) is 0 Å². The van der Waals surface area contributed by atoms with Crippen molar-refractivity contribution < 1.29 is 18.3 Å². The summed E-state index contributed by atoms with van der Waals surface area (Å²) in [5.41, 5.74) is 1.65. The van der Waals surface area contributed by atoms with Gasteiger partial charge in [0.05, 0.1) is 11.3 Å². The molecule has 136 valence electrons. The summed E-state index contributed by atoms with van der Waals surface area (Å²) in [6.07, 6.45) is 1.56. The number of hydrogen-bond donors (Lipinski definition) is 1. The number of fused-ring (bicyclic) bond motifs is 1. The number of sulfonamides is 1. The molecule has 0 radical (unpaired) electrons. The average molecular weight is 375 g/mol. The Morgan fingerprint density at radius 1 is 1.12 bits per heavy atom. The van der Waals surface area contributed by atoms with Gasteiger partial charge in [-0.25, -0.2) is 14.3 Å². The third-order valence-electron chi connectivity index (χ3n) is 4.04. The minimum Gasteiger partial charge on any atom is -0.478 e. The molecule has 0 aliphatic heterocycles. The number of nitrogens with zero attached hydrogens (tertiary/aromatic N) is 5. The molecule has 10 heteroatoms. The molecule has 0 spiro atoms.